The van der Waals surface area contributed by atoms with Crippen molar-refractivity contribution in [2.45, 2.75) is 43.1 Å². The molecule has 2 aliphatic heterocycles. The molecular weight excluding hydrogens is 504 g/mol. The predicted molar refractivity (Wildman–Crippen MR) is 144 cm³/mol. The van der Waals surface area contributed by atoms with Gasteiger partial charge in [-0.3, -0.25) is 4.79 Å². The van der Waals surface area contributed by atoms with Gasteiger partial charge in [-0.15, -0.1) is 0 Å². The number of hydrogen-bond donors (Lipinski definition) is 0. The van der Waals surface area contributed by atoms with E-state index in [1.165, 1.54) is 12.6 Å². The van der Waals surface area contributed by atoms with E-state index < -0.39 is 9.84 Å². The van der Waals surface area contributed by atoms with Crippen molar-refractivity contribution in [2.24, 2.45) is 0 Å². The summed E-state index contributed by atoms with van der Waals surface area (Å²) >= 11 is 0. The highest BCUT2D eigenvalue weighted by Crippen LogP contribution is 2.35. The molecule has 0 saturated carbocycles. The fourth-order valence-corrected chi connectivity index (χ4v) is 5.66. The Morgan fingerprint density at radius 1 is 1.03 bits per heavy atom. The lowest BCUT2D eigenvalue weighted by molar-refractivity contribution is -0.132. The van der Waals surface area contributed by atoms with E-state index in [0.717, 1.165) is 41.8 Å². The number of hydrogen-bond acceptors (Lipinski definition) is 8. The summed E-state index contributed by atoms with van der Waals surface area (Å²) in [6, 6.07) is 14.9. The first kappa shape index (κ1) is 26.0. The van der Waals surface area contributed by atoms with Crippen LogP contribution in [0.3, 0.4) is 0 Å². The number of methoxy groups -OCH3 is 1. The van der Waals surface area contributed by atoms with Crippen LogP contribution in [0.1, 0.15) is 30.4 Å². The molecule has 3 aromatic rings. The third-order valence-corrected chi connectivity index (χ3v) is 8.26. The highest BCUT2D eigenvalue weighted by atomic mass is 32.2. The number of aryl methyl sites for hydroxylation is 1. The van der Waals surface area contributed by atoms with Crippen LogP contribution in [-0.2, 0) is 27.5 Å². The van der Waals surface area contributed by atoms with E-state index >= 15 is 0 Å². The Hall–Kier alpha value is -3.66. The largest absolute Gasteiger partial charge is 0.497 e. The van der Waals surface area contributed by atoms with Crippen molar-refractivity contribution in [1.82, 2.24) is 14.9 Å². The van der Waals surface area contributed by atoms with Gasteiger partial charge in [0.2, 0.25) is 11.8 Å². The molecule has 0 spiro atoms. The van der Waals surface area contributed by atoms with Gasteiger partial charge in [-0.2, -0.15) is 0 Å². The van der Waals surface area contributed by atoms with Gasteiger partial charge in [0, 0.05) is 56.9 Å². The molecule has 1 amide bonds. The van der Waals surface area contributed by atoms with Crippen LogP contribution < -0.4 is 14.4 Å². The maximum absolute atomic E-state index is 12.7. The van der Waals surface area contributed by atoms with Gasteiger partial charge in [-0.1, -0.05) is 12.1 Å². The van der Waals surface area contributed by atoms with Gasteiger partial charge in [0.1, 0.15) is 24.0 Å². The predicted octanol–water partition coefficient (Wildman–Crippen LogP) is 3.59. The Kier molecular flexibility index (Phi) is 7.51. The van der Waals surface area contributed by atoms with E-state index in [4.69, 9.17) is 9.47 Å². The molecule has 0 N–H and O–H groups in total. The monoisotopic (exact) mass is 536 g/mol. The minimum absolute atomic E-state index is 0.0217. The fraction of sp³-hybridized carbons (Fsp3) is 0.393. The quantitative estimate of drug-likeness (QED) is 0.431. The number of nitrogens with zero attached hydrogens (tertiary/aromatic N) is 4. The van der Waals surface area contributed by atoms with E-state index in [1.807, 2.05) is 41.3 Å². The van der Waals surface area contributed by atoms with E-state index in [-0.39, 0.29) is 12.0 Å². The minimum atomic E-state index is -3.25. The van der Waals surface area contributed by atoms with Gasteiger partial charge in [-0.05, 0) is 54.3 Å². The van der Waals surface area contributed by atoms with Crippen molar-refractivity contribution in [2.75, 3.05) is 37.9 Å². The Bertz CT molecular complexity index is 1400. The molecule has 0 bridgehead atoms. The molecular formula is C28H32N4O5S. The lowest BCUT2D eigenvalue weighted by Crippen LogP contribution is -2.42. The Morgan fingerprint density at radius 3 is 2.50 bits per heavy atom. The molecule has 1 fully saturated rings. The van der Waals surface area contributed by atoms with Gasteiger partial charge in [0.05, 0.1) is 12.0 Å². The van der Waals surface area contributed by atoms with Crippen LogP contribution in [-0.4, -0.2) is 68.3 Å². The zero-order valence-electron chi connectivity index (χ0n) is 21.7. The van der Waals surface area contributed by atoms with Crippen molar-refractivity contribution in [1.29, 1.82) is 0 Å². The van der Waals surface area contributed by atoms with Gasteiger partial charge in [0.15, 0.2) is 9.84 Å². The number of anilines is 2. The molecule has 0 radical (unpaired) electrons. The number of likely N-dealkylation sites (tertiary alicyclic amines) is 1. The summed E-state index contributed by atoms with van der Waals surface area (Å²) in [6.07, 6.45) is 6.11. The van der Waals surface area contributed by atoms with Crippen LogP contribution in [0, 0.1) is 0 Å². The van der Waals surface area contributed by atoms with Crippen LogP contribution in [0.15, 0.2) is 59.8 Å². The number of carbonyl (C=O) groups excluding carboxylic acids is 1. The first-order valence-corrected chi connectivity index (χ1v) is 14.7. The second-order valence-electron chi connectivity index (χ2n) is 9.72. The third-order valence-electron chi connectivity index (χ3n) is 7.15. The highest BCUT2D eigenvalue weighted by molar-refractivity contribution is 7.90. The smallest absolute Gasteiger partial charge is 0.222 e. The lowest BCUT2D eigenvalue weighted by Gasteiger charge is -2.32. The van der Waals surface area contributed by atoms with E-state index in [0.29, 0.717) is 49.1 Å². The summed E-state index contributed by atoms with van der Waals surface area (Å²) in [7, 11) is -1.61. The van der Waals surface area contributed by atoms with Crippen LogP contribution >= 0.6 is 0 Å². The topological polar surface area (TPSA) is 102 Å². The van der Waals surface area contributed by atoms with Crippen molar-refractivity contribution >= 4 is 27.2 Å². The fourth-order valence-electron chi connectivity index (χ4n) is 4.98. The number of ether oxygens (including phenoxy) is 2. The van der Waals surface area contributed by atoms with Gasteiger partial charge < -0.3 is 19.3 Å². The summed E-state index contributed by atoms with van der Waals surface area (Å²) in [5.41, 5.74) is 3.05. The molecule has 38 heavy (non-hydrogen) atoms. The molecule has 0 unspecified atom stereocenters. The van der Waals surface area contributed by atoms with Crippen molar-refractivity contribution in [3.05, 3.63) is 66.0 Å². The van der Waals surface area contributed by atoms with Crippen LogP contribution in [0.5, 0.6) is 11.6 Å². The standard InChI is InChI=1S/C28H32N4O5S/c1-36-22-6-3-20(4-7-22)5-10-28(33)31-14-12-23(13-15-31)37-27-18-26(29-19-30-27)32-16-11-21-17-24(38(2,34)35)8-9-25(21)32/h3-4,6-9,17-19,23H,5,10-16H2,1-2H3. The summed E-state index contributed by atoms with van der Waals surface area (Å²) in [6.45, 7) is 2.02. The molecule has 200 valence electrons. The molecule has 9 nitrogen and oxygen atoms in total. The maximum Gasteiger partial charge on any atom is 0.222 e. The molecule has 1 aromatic heterocycles. The molecule has 2 aliphatic rings. The number of sulfone groups is 1. The second kappa shape index (κ2) is 11.0. The maximum atomic E-state index is 12.7. The average molecular weight is 537 g/mol. The number of carbonyl (C=O) groups is 1. The normalized spacial score (nSPS) is 15.8. The van der Waals surface area contributed by atoms with Crippen LogP contribution in [0.2, 0.25) is 0 Å². The summed E-state index contributed by atoms with van der Waals surface area (Å²) in [5.74, 6) is 2.19. The van der Waals surface area contributed by atoms with E-state index in [1.54, 1.807) is 19.2 Å². The Morgan fingerprint density at radius 2 is 1.79 bits per heavy atom. The molecule has 10 heteroatoms. The third kappa shape index (κ3) is 5.91. The number of benzene rings is 2. The van der Waals surface area contributed by atoms with Gasteiger partial charge in [-0.25, -0.2) is 18.4 Å². The zero-order chi connectivity index (χ0) is 26.7. The Labute approximate surface area is 223 Å². The number of fused-ring (bicyclic) bond motifs is 1. The molecule has 0 atom stereocenters. The minimum Gasteiger partial charge on any atom is -0.497 e. The molecule has 0 aliphatic carbocycles. The summed E-state index contributed by atoms with van der Waals surface area (Å²) in [4.78, 5) is 25.8. The summed E-state index contributed by atoms with van der Waals surface area (Å²) < 4.78 is 35.2. The first-order valence-electron chi connectivity index (χ1n) is 12.8. The number of amides is 1. The number of aromatic nitrogens is 2. The highest BCUT2D eigenvalue weighted by Gasteiger charge is 2.26. The molecule has 2 aromatic carbocycles. The average Bonchev–Trinajstić information content (AvgIpc) is 3.36. The lowest BCUT2D eigenvalue weighted by atomic mass is 10.1. The second-order valence-corrected chi connectivity index (χ2v) is 11.7. The van der Waals surface area contributed by atoms with Crippen molar-refractivity contribution < 1.29 is 22.7 Å². The van der Waals surface area contributed by atoms with Gasteiger partial charge >= 0.3 is 0 Å². The van der Waals surface area contributed by atoms with Crippen molar-refractivity contribution in [3.63, 3.8) is 0 Å². The number of rotatable bonds is 8. The molecule has 5 rings (SSSR count). The molecule has 1 saturated heterocycles. The van der Waals surface area contributed by atoms with Crippen LogP contribution in [0.25, 0.3) is 0 Å². The van der Waals surface area contributed by atoms with Crippen molar-refractivity contribution in [3.8, 4) is 11.6 Å². The van der Waals surface area contributed by atoms with Gasteiger partial charge in [0.25, 0.3) is 0 Å². The summed E-state index contributed by atoms with van der Waals surface area (Å²) in [5, 5.41) is 0. The zero-order valence-corrected chi connectivity index (χ0v) is 22.5. The molecule has 3 heterocycles. The number of piperidine rings is 1. The Balaban J connectivity index is 1.14. The van der Waals surface area contributed by atoms with E-state index in [2.05, 4.69) is 14.9 Å². The van der Waals surface area contributed by atoms with Crippen LogP contribution in [0.4, 0.5) is 11.5 Å². The SMILES string of the molecule is COc1ccc(CCC(=O)N2CCC(Oc3cc(N4CCc5cc(S(C)(=O)=O)ccc54)ncn3)CC2)cc1. The first-order chi connectivity index (χ1) is 18.3. The van der Waals surface area contributed by atoms with E-state index in [9.17, 15) is 13.2 Å².